The number of rotatable bonds is 4. The molecule has 2 aromatic rings. The normalized spacial score (nSPS) is 11.2. The van der Waals surface area contributed by atoms with Crippen LogP contribution in [0.25, 0.3) is 0 Å². The molecule has 132 valence electrons. The van der Waals surface area contributed by atoms with Crippen LogP contribution in [0.2, 0.25) is 0 Å². The number of anilines is 1. The second-order valence-corrected chi connectivity index (χ2v) is 4.82. The van der Waals surface area contributed by atoms with Crippen LogP contribution in [0.3, 0.4) is 0 Å². The third kappa shape index (κ3) is 4.19. The zero-order valence-electron chi connectivity index (χ0n) is 12.2. The first-order valence-corrected chi connectivity index (χ1v) is 6.60. The number of benzene rings is 1. The summed E-state index contributed by atoms with van der Waals surface area (Å²) in [7, 11) is 0. The van der Waals surface area contributed by atoms with E-state index in [1.807, 2.05) is 0 Å². The topological polar surface area (TPSA) is 94.2 Å². The first kappa shape index (κ1) is 18.1. The van der Waals surface area contributed by atoms with Gasteiger partial charge in [-0.25, -0.2) is 0 Å². The maximum absolute atomic E-state index is 13.2. The first-order valence-electron chi connectivity index (χ1n) is 6.60. The Kier molecular flexibility index (Phi) is 4.86. The lowest BCUT2D eigenvalue weighted by atomic mass is 10.2. The van der Waals surface area contributed by atoms with Gasteiger partial charge in [0.25, 0.3) is 5.56 Å². The Hall–Kier alpha value is -3.24. The minimum absolute atomic E-state index is 0.141. The van der Waals surface area contributed by atoms with Crippen molar-refractivity contribution in [2.24, 2.45) is 0 Å². The summed E-state index contributed by atoms with van der Waals surface area (Å²) in [5, 5.41) is 12.8. The SMILES string of the molecule is O=C(Cn1cccc(C(F)(F)F)c1=O)Nc1ccc(F)c([N+](=O)[O-])c1. The predicted octanol–water partition coefficient (Wildman–Crippen LogP) is 2.55. The molecule has 0 atom stereocenters. The Morgan fingerprint density at radius 2 is 1.96 bits per heavy atom. The van der Waals surface area contributed by atoms with Crippen molar-refractivity contribution < 1.29 is 27.3 Å². The number of alkyl halides is 3. The summed E-state index contributed by atoms with van der Waals surface area (Å²) in [6, 6.07) is 4.09. The van der Waals surface area contributed by atoms with Crippen molar-refractivity contribution in [1.29, 1.82) is 0 Å². The molecule has 1 aromatic heterocycles. The van der Waals surface area contributed by atoms with Gasteiger partial charge < -0.3 is 9.88 Å². The van der Waals surface area contributed by atoms with Crippen molar-refractivity contribution in [2.45, 2.75) is 12.7 Å². The van der Waals surface area contributed by atoms with Crippen LogP contribution in [0.5, 0.6) is 0 Å². The zero-order valence-corrected chi connectivity index (χ0v) is 12.2. The molecule has 0 fully saturated rings. The van der Waals surface area contributed by atoms with E-state index in [1.165, 1.54) is 0 Å². The van der Waals surface area contributed by atoms with E-state index in [9.17, 15) is 37.3 Å². The summed E-state index contributed by atoms with van der Waals surface area (Å²) in [4.78, 5) is 33.2. The maximum atomic E-state index is 13.2. The Balaban J connectivity index is 2.21. The summed E-state index contributed by atoms with van der Waals surface area (Å²) in [5.41, 5.74) is -3.86. The molecule has 1 aromatic carbocycles. The molecule has 0 aliphatic heterocycles. The maximum Gasteiger partial charge on any atom is 0.421 e. The molecular formula is C14H9F4N3O4. The molecule has 7 nitrogen and oxygen atoms in total. The van der Waals surface area contributed by atoms with Gasteiger partial charge >= 0.3 is 11.9 Å². The average Bonchev–Trinajstić information content (AvgIpc) is 2.49. The lowest BCUT2D eigenvalue weighted by Crippen LogP contribution is -2.31. The molecule has 0 radical (unpaired) electrons. The highest BCUT2D eigenvalue weighted by Crippen LogP contribution is 2.26. The summed E-state index contributed by atoms with van der Waals surface area (Å²) in [6.45, 7) is -0.756. The largest absolute Gasteiger partial charge is 0.421 e. The summed E-state index contributed by atoms with van der Waals surface area (Å²) >= 11 is 0. The van der Waals surface area contributed by atoms with E-state index in [-0.39, 0.29) is 5.69 Å². The van der Waals surface area contributed by atoms with Gasteiger partial charge in [0, 0.05) is 18.0 Å². The van der Waals surface area contributed by atoms with E-state index in [2.05, 4.69) is 5.32 Å². The molecule has 0 saturated carbocycles. The Labute approximate surface area is 136 Å². The molecule has 0 bridgehead atoms. The van der Waals surface area contributed by atoms with Gasteiger partial charge in [-0.15, -0.1) is 0 Å². The van der Waals surface area contributed by atoms with E-state index < -0.39 is 46.2 Å². The number of nitro benzene ring substituents is 1. The molecule has 25 heavy (non-hydrogen) atoms. The van der Waals surface area contributed by atoms with Crippen LogP contribution < -0.4 is 10.9 Å². The van der Waals surface area contributed by atoms with Crippen molar-refractivity contribution in [3.63, 3.8) is 0 Å². The van der Waals surface area contributed by atoms with Crippen molar-refractivity contribution in [3.05, 3.63) is 68.4 Å². The molecule has 11 heteroatoms. The summed E-state index contributed by atoms with van der Waals surface area (Å²) < 4.78 is 51.7. The molecule has 0 unspecified atom stereocenters. The number of carbonyl (C=O) groups is 1. The number of nitro groups is 1. The molecule has 0 aliphatic rings. The molecule has 0 saturated heterocycles. The number of hydrogen-bond donors (Lipinski definition) is 1. The van der Waals surface area contributed by atoms with E-state index in [0.29, 0.717) is 10.6 Å². The van der Waals surface area contributed by atoms with Crippen LogP contribution >= 0.6 is 0 Å². The predicted molar refractivity (Wildman–Crippen MR) is 77.4 cm³/mol. The van der Waals surface area contributed by atoms with Gasteiger partial charge in [-0.1, -0.05) is 0 Å². The van der Waals surface area contributed by atoms with Crippen molar-refractivity contribution >= 4 is 17.3 Å². The summed E-state index contributed by atoms with van der Waals surface area (Å²) in [5.74, 6) is -2.03. The fraction of sp³-hybridized carbons (Fsp3) is 0.143. The number of nitrogens with zero attached hydrogens (tertiary/aromatic N) is 2. The van der Waals surface area contributed by atoms with Gasteiger partial charge in [0.15, 0.2) is 0 Å². The second-order valence-electron chi connectivity index (χ2n) is 4.82. The number of halogens is 4. The second kappa shape index (κ2) is 6.71. The lowest BCUT2D eigenvalue weighted by molar-refractivity contribution is -0.387. The van der Waals surface area contributed by atoms with E-state index in [1.54, 1.807) is 0 Å². The van der Waals surface area contributed by atoms with Crippen LogP contribution in [-0.2, 0) is 17.5 Å². The van der Waals surface area contributed by atoms with Crippen molar-refractivity contribution in [1.82, 2.24) is 4.57 Å². The van der Waals surface area contributed by atoms with Gasteiger partial charge in [-0.05, 0) is 24.3 Å². The van der Waals surface area contributed by atoms with Crippen LogP contribution in [-0.4, -0.2) is 15.4 Å². The van der Waals surface area contributed by atoms with Crippen LogP contribution in [0.4, 0.5) is 28.9 Å². The number of hydrogen-bond acceptors (Lipinski definition) is 4. The minimum atomic E-state index is -4.87. The van der Waals surface area contributed by atoms with Gasteiger partial charge in [0.1, 0.15) is 12.1 Å². The Morgan fingerprint density at radius 1 is 1.28 bits per heavy atom. The van der Waals surface area contributed by atoms with E-state index in [0.717, 1.165) is 30.5 Å². The number of nitrogens with one attached hydrogen (secondary N) is 1. The van der Waals surface area contributed by atoms with Gasteiger partial charge in [0.05, 0.1) is 4.92 Å². The van der Waals surface area contributed by atoms with Crippen LogP contribution in [0.1, 0.15) is 5.56 Å². The smallest absolute Gasteiger partial charge is 0.324 e. The quantitative estimate of drug-likeness (QED) is 0.516. The van der Waals surface area contributed by atoms with Crippen molar-refractivity contribution in [3.8, 4) is 0 Å². The first-order chi connectivity index (χ1) is 11.6. The molecule has 0 aliphatic carbocycles. The Bertz CT molecular complexity index is 892. The molecule has 0 spiro atoms. The highest BCUT2D eigenvalue weighted by Gasteiger charge is 2.34. The van der Waals surface area contributed by atoms with Gasteiger partial charge in [-0.2, -0.15) is 17.6 Å². The third-order valence-electron chi connectivity index (χ3n) is 3.07. The standard InChI is InChI=1S/C14H9F4N3O4/c15-10-4-3-8(6-11(10)21(24)25)19-12(22)7-20-5-1-2-9(13(20)23)14(16,17)18/h1-6H,7H2,(H,19,22). The molecule has 1 N–H and O–H groups in total. The minimum Gasteiger partial charge on any atom is -0.324 e. The number of aromatic nitrogens is 1. The average molecular weight is 359 g/mol. The van der Waals surface area contributed by atoms with E-state index in [4.69, 9.17) is 0 Å². The molecule has 1 heterocycles. The molecule has 1 amide bonds. The number of amides is 1. The van der Waals surface area contributed by atoms with Crippen LogP contribution in [0, 0.1) is 15.9 Å². The zero-order chi connectivity index (χ0) is 18.8. The van der Waals surface area contributed by atoms with Crippen LogP contribution in [0.15, 0.2) is 41.3 Å². The highest BCUT2D eigenvalue weighted by atomic mass is 19.4. The fourth-order valence-electron chi connectivity index (χ4n) is 1.96. The molecular weight excluding hydrogens is 350 g/mol. The van der Waals surface area contributed by atoms with Gasteiger partial charge in [-0.3, -0.25) is 19.7 Å². The van der Waals surface area contributed by atoms with Crippen molar-refractivity contribution in [2.75, 3.05) is 5.32 Å². The third-order valence-corrected chi connectivity index (χ3v) is 3.07. The lowest BCUT2D eigenvalue weighted by Gasteiger charge is -2.10. The number of pyridine rings is 1. The summed E-state index contributed by atoms with van der Waals surface area (Å²) in [6.07, 6.45) is -3.88. The molecule has 2 rings (SSSR count). The number of carbonyl (C=O) groups excluding carboxylic acids is 1. The highest BCUT2D eigenvalue weighted by molar-refractivity contribution is 5.90. The van der Waals surface area contributed by atoms with E-state index >= 15 is 0 Å². The monoisotopic (exact) mass is 359 g/mol. The Morgan fingerprint density at radius 3 is 2.56 bits per heavy atom. The van der Waals surface area contributed by atoms with Gasteiger partial charge in [0.2, 0.25) is 11.7 Å². The fourth-order valence-corrected chi connectivity index (χ4v) is 1.96.